The van der Waals surface area contributed by atoms with Gasteiger partial charge in [-0.15, -0.1) is 0 Å². The Labute approximate surface area is 124 Å². The van der Waals surface area contributed by atoms with Gasteiger partial charge >= 0.3 is 0 Å². The van der Waals surface area contributed by atoms with E-state index in [-0.39, 0.29) is 5.54 Å². The van der Waals surface area contributed by atoms with E-state index >= 15 is 0 Å². The molecule has 0 unspecified atom stereocenters. The minimum absolute atomic E-state index is 0.0120. The van der Waals surface area contributed by atoms with Crippen molar-refractivity contribution in [3.8, 4) is 0 Å². The lowest BCUT2D eigenvalue weighted by atomic mass is 9.69. The SMILES string of the molecule is O=C1C[C@H]2CCCC[C@]23c2[nH]c4ccccc4c2CCN13. The largest absolute Gasteiger partial charge is 0.356 e. The number of carbonyl (C=O) groups is 1. The van der Waals surface area contributed by atoms with Crippen LogP contribution in [0.3, 0.4) is 0 Å². The molecule has 0 radical (unpaired) electrons. The molecule has 3 aliphatic rings. The summed E-state index contributed by atoms with van der Waals surface area (Å²) in [6.07, 6.45) is 6.63. The summed E-state index contributed by atoms with van der Waals surface area (Å²) in [6.45, 7) is 0.907. The molecule has 1 saturated heterocycles. The first-order valence-electron chi connectivity index (χ1n) is 8.21. The second kappa shape index (κ2) is 3.90. The Kier molecular flexibility index (Phi) is 2.20. The molecule has 2 aliphatic heterocycles. The lowest BCUT2D eigenvalue weighted by Gasteiger charge is -2.48. The Balaban J connectivity index is 1.80. The topological polar surface area (TPSA) is 36.1 Å². The summed E-state index contributed by atoms with van der Waals surface area (Å²) in [6, 6.07) is 8.62. The second-order valence-corrected chi connectivity index (χ2v) is 6.89. The van der Waals surface area contributed by atoms with Crippen molar-refractivity contribution in [3.05, 3.63) is 35.5 Å². The van der Waals surface area contributed by atoms with E-state index < -0.39 is 0 Å². The number of benzene rings is 1. The van der Waals surface area contributed by atoms with Crippen LogP contribution in [-0.2, 0) is 16.8 Å². The van der Waals surface area contributed by atoms with Gasteiger partial charge in [0.15, 0.2) is 0 Å². The van der Waals surface area contributed by atoms with Crippen LogP contribution in [0.5, 0.6) is 0 Å². The van der Waals surface area contributed by atoms with E-state index in [0.29, 0.717) is 11.8 Å². The van der Waals surface area contributed by atoms with Gasteiger partial charge in [0.25, 0.3) is 0 Å². The normalized spacial score (nSPS) is 31.1. The number of rotatable bonds is 0. The van der Waals surface area contributed by atoms with Crippen molar-refractivity contribution in [1.82, 2.24) is 9.88 Å². The van der Waals surface area contributed by atoms with Crippen molar-refractivity contribution in [3.63, 3.8) is 0 Å². The number of aromatic amines is 1. The van der Waals surface area contributed by atoms with Crippen LogP contribution in [0, 0.1) is 5.92 Å². The molecule has 5 rings (SSSR count). The monoisotopic (exact) mass is 280 g/mol. The van der Waals surface area contributed by atoms with Gasteiger partial charge in [-0.3, -0.25) is 4.79 Å². The molecular formula is C18H20N2O. The van der Waals surface area contributed by atoms with Crippen molar-refractivity contribution in [2.75, 3.05) is 6.54 Å². The molecule has 1 amide bonds. The Morgan fingerprint density at radius 1 is 1.24 bits per heavy atom. The maximum Gasteiger partial charge on any atom is 0.223 e. The highest BCUT2D eigenvalue weighted by atomic mass is 16.2. The molecule has 108 valence electrons. The fourth-order valence-electron chi connectivity index (χ4n) is 5.24. The van der Waals surface area contributed by atoms with E-state index in [4.69, 9.17) is 0 Å². The lowest BCUT2D eigenvalue weighted by Crippen LogP contribution is -2.52. The molecule has 1 spiro atoms. The van der Waals surface area contributed by atoms with Crippen LogP contribution in [0.2, 0.25) is 0 Å². The molecule has 2 atom stereocenters. The number of fused-ring (bicyclic) bond motifs is 3. The molecular weight excluding hydrogens is 260 g/mol. The van der Waals surface area contributed by atoms with E-state index in [1.165, 1.54) is 41.4 Å². The van der Waals surface area contributed by atoms with Crippen molar-refractivity contribution in [1.29, 1.82) is 0 Å². The van der Waals surface area contributed by atoms with Gasteiger partial charge in [-0.1, -0.05) is 31.0 Å². The average molecular weight is 280 g/mol. The van der Waals surface area contributed by atoms with Crippen LogP contribution in [0.15, 0.2) is 24.3 Å². The van der Waals surface area contributed by atoms with E-state index in [1.54, 1.807) is 0 Å². The van der Waals surface area contributed by atoms with Gasteiger partial charge in [-0.05, 0) is 36.8 Å². The fourth-order valence-corrected chi connectivity index (χ4v) is 5.24. The van der Waals surface area contributed by atoms with Gasteiger partial charge in [-0.2, -0.15) is 0 Å². The zero-order chi connectivity index (χ0) is 14.0. The van der Waals surface area contributed by atoms with Gasteiger partial charge in [0.05, 0.1) is 5.54 Å². The number of para-hydroxylation sites is 1. The Hall–Kier alpha value is -1.77. The van der Waals surface area contributed by atoms with Crippen molar-refractivity contribution in [2.24, 2.45) is 5.92 Å². The quantitative estimate of drug-likeness (QED) is 0.789. The lowest BCUT2D eigenvalue weighted by molar-refractivity contribution is -0.132. The highest BCUT2D eigenvalue weighted by Crippen LogP contribution is 2.55. The molecule has 1 aliphatic carbocycles. The standard InChI is InChI=1S/C18H20N2O/c21-16-11-12-5-3-4-9-18(12)17-14(8-10-20(16)18)13-6-1-2-7-15(13)19-17/h1-2,6-7,12,19H,3-5,8-11H2/t12-,18-/m1/s1. The number of hydrogen-bond acceptors (Lipinski definition) is 1. The van der Waals surface area contributed by atoms with Crippen molar-refractivity contribution >= 4 is 16.8 Å². The van der Waals surface area contributed by atoms with E-state index in [0.717, 1.165) is 25.8 Å². The number of H-pyrrole nitrogens is 1. The maximum atomic E-state index is 12.5. The Morgan fingerprint density at radius 3 is 3.10 bits per heavy atom. The third-order valence-electron chi connectivity index (χ3n) is 6.07. The van der Waals surface area contributed by atoms with Crippen molar-refractivity contribution in [2.45, 2.75) is 44.1 Å². The van der Waals surface area contributed by atoms with Crippen LogP contribution in [-0.4, -0.2) is 22.3 Å². The summed E-state index contributed by atoms with van der Waals surface area (Å²) >= 11 is 0. The highest BCUT2D eigenvalue weighted by Gasteiger charge is 2.57. The number of amides is 1. The number of nitrogens with one attached hydrogen (secondary N) is 1. The number of hydrogen-bond donors (Lipinski definition) is 1. The van der Waals surface area contributed by atoms with Gasteiger partial charge in [0.2, 0.25) is 5.91 Å². The third-order valence-corrected chi connectivity index (χ3v) is 6.07. The van der Waals surface area contributed by atoms with Gasteiger partial charge in [-0.25, -0.2) is 0 Å². The van der Waals surface area contributed by atoms with Crippen LogP contribution in [0.4, 0.5) is 0 Å². The first-order chi connectivity index (χ1) is 10.3. The summed E-state index contributed by atoms with van der Waals surface area (Å²) in [5.41, 5.74) is 4.07. The molecule has 1 saturated carbocycles. The molecule has 2 aromatic rings. The number of aromatic nitrogens is 1. The van der Waals surface area contributed by atoms with Gasteiger partial charge in [0.1, 0.15) is 0 Å². The first kappa shape index (κ1) is 11.8. The second-order valence-electron chi connectivity index (χ2n) is 6.89. The van der Waals surface area contributed by atoms with Crippen molar-refractivity contribution < 1.29 is 4.79 Å². The minimum Gasteiger partial charge on any atom is -0.356 e. The van der Waals surface area contributed by atoms with Crippen LogP contribution in [0.25, 0.3) is 10.9 Å². The first-order valence-corrected chi connectivity index (χ1v) is 8.21. The van der Waals surface area contributed by atoms with E-state index in [2.05, 4.69) is 34.1 Å². The molecule has 3 heterocycles. The molecule has 0 bridgehead atoms. The number of carbonyl (C=O) groups excluding carboxylic acids is 1. The summed E-state index contributed by atoms with van der Waals surface area (Å²) in [4.78, 5) is 18.4. The number of nitrogens with zero attached hydrogens (tertiary/aromatic N) is 1. The molecule has 1 N–H and O–H groups in total. The zero-order valence-corrected chi connectivity index (χ0v) is 12.2. The average Bonchev–Trinajstić information content (AvgIpc) is 3.02. The maximum absolute atomic E-state index is 12.5. The van der Waals surface area contributed by atoms with Crippen LogP contribution >= 0.6 is 0 Å². The summed E-state index contributed by atoms with van der Waals surface area (Å²) in [5.74, 6) is 0.900. The van der Waals surface area contributed by atoms with Gasteiger partial charge in [0, 0.05) is 29.6 Å². The molecule has 21 heavy (non-hydrogen) atoms. The van der Waals surface area contributed by atoms with E-state index in [1.807, 2.05) is 0 Å². The molecule has 3 nitrogen and oxygen atoms in total. The molecule has 3 heteroatoms. The predicted molar refractivity (Wildman–Crippen MR) is 82.0 cm³/mol. The van der Waals surface area contributed by atoms with Crippen LogP contribution < -0.4 is 0 Å². The van der Waals surface area contributed by atoms with Crippen LogP contribution in [0.1, 0.15) is 43.4 Å². The summed E-state index contributed by atoms with van der Waals surface area (Å²) in [5, 5.41) is 1.37. The van der Waals surface area contributed by atoms with Gasteiger partial charge < -0.3 is 9.88 Å². The molecule has 1 aromatic carbocycles. The summed E-state index contributed by atoms with van der Waals surface area (Å²) < 4.78 is 0. The molecule has 1 aromatic heterocycles. The smallest absolute Gasteiger partial charge is 0.223 e. The fraction of sp³-hybridized carbons (Fsp3) is 0.500. The third kappa shape index (κ3) is 1.32. The molecule has 2 fully saturated rings. The summed E-state index contributed by atoms with van der Waals surface area (Å²) in [7, 11) is 0. The predicted octanol–water partition coefficient (Wildman–Crippen LogP) is 3.34. The Morgan fingerprint density at radius 2 is 2.14 bits per heavy atom. The minimum atomic E-state index is -0.0120. The van der Waals surface area contributed by atoms with E-state index in [9.17, 15) is 4.79 Å². The zero-order valence-electron chi connectivity index (χ0n) is 12.2. The highest BCUT2D eigenvalue weighted by molar-refractivity contribution is 5.88. The Bertz CT molecular complexity index is 747.